The van der Waals surface area contributed by atoms with E-state index in [2.05, 4.69) is 44.8 Å². The van der Waals surface area contributed by atoms with Crippen molar-refractivity contribution in [2.24, 2.45) is 0 Å². The van der Waals surface area contributed by atoms with Gasteiger partial charge in [-0.3, -0.25) is 0 Å². The van der Waals surface area contributed by atoms with Crippen LogP contribution in [0.15, 0.2) is 26.5 Å². The molecular formula is C15H13Br2ClO2S. The molecule has 21 heavy (non-hydrogen) atoms. The lowest BCUT2D eigenvalue weighted by Crippen LogP contribution is -1.97. The molecule has 1 aliphatic heterocycles. The van der Waals surface area contributed by atoms with Gasteiger partial charge in [0.25, 0.3) is 0 Å². The Morgan fingerprint density at radius 1 is 1.14 bits per heavy atom. The molecule has 0 radical (unpaired) electrons. The van der Waals surface area contributed by atoms with E-state index >= 15 is 0 Å². The maximum atomic E-state index is 6.67. The van der Waals surface area contributed by atoms with Crippen molar-refractivity contribution in [2.45, 2.75) is 18.7 Å². The molecule has 112 valence electrons. The highest BCUT2D eigenvalue weighted by Gasteiger charge is 2.21. The Labute approximate surface area is 149 Å². The molecular weight excluding hydrogens is 439 g/mol. The van der Waals surface area contributed by atoms with E-state index in [9.17, 15) is 0 Å². The van der Waals surface area contributed by atoms with Crippen molar-refractivity contribution in [1.29, 1.82) is 0 Å². The first-order valence-electron chi connectivity index (χ1n) is 6.55. The summed E-state index contributed by atoms with van der Waals surface area (Å²) in [4.78, 5) is 1.11. The van der Waals surface area contributed by atoms with Crippen LogP contribution in [-0.2, 0) is 0 Å². The highest BCUT2D eigenvalue weighted by molar-refractivity contribution is 9.11. The zero-order chi connectivity index (χ0) is 15.0. The number of benzene rings is 1. The number of alkyl halides is 1. The third-order valence-electron chi connectivity index (χ3n) is 3.27. The number of ether oxygens (including phenoxy) is 2. The number of hydrogen-bond donors (Lipinski definition) is 0. The second-order valence-corrected chi connectivity index (χ2v) is 8.53. The number of hydrogen-bond acceptors (Lipinski definition) is 3. The summed E-state index contributed by atoms with van der Waals surface area (Å²) < 4.78 is 13.5. The van der Waals surface area contributed by atoms with E-state index in [4.69, 9.17) is 21.1 Å². The van der Waals surface area contributed by atoms with Crippen LogP contribution in [0, 0.1) is 6.92 Å². The monoisotopic (exact) mass is 450 g/mol. The van der Waals surface area contributed by atoms with Crippen molar-refractivity contribution < 1.29 is 9.47 Å². The topological polar surface area (TPSA) is 18.5 Å². The summed E-state index contributed by atoms with van der Waals surface area (Å²) in [6, 6.07) is 6.04. The summed E-state index contributed by atoms with van der Waals surface area (Å²) in [5.41, 5.74) is 2.20. The van der Waals surface area contributed by atoms with Crippen molar-refractivity contribution in [2.75, 3.05) is 13.2 Å². The Hall–Kier alpha value is -0.230. The van der Waals surface area contributed by atoms with E-state index in [-0.39, 0.29) is 5.38 Å². The van der Waals surface area contributed by atoms with Gasteiger partial charge in [-0.15, -0.1) is 22.9 Å². The molecule has 0 saturated carbocycles. The van der Waals surface area contributed by atoms with Crippen LogP contribution in [0.4, 0.5) is 0 Å². The lowest BCUT2D eigenvalue weighted by molar-refractivity contribution is 0.297. The fraction of sp³-hybridized carbons (Fsp3) is 0.333. The van der Waals surface area contributed by atoms with E-state index < -0.39 is 0 Å². The fourth-order valence-electron chi connectivity index (χ4n) is 2.16. The van der Waals surface area contributed by atoms with Crippen molar-refractivity contribution >= 4 is 54.8 Å². The van der Waals surface area contributed by atoms with Crippen LogP contribution in [0.1, 0.15) is 27.8 Å². The van der Waals surface area contributed by atoms with Crippen LogP contribution in [0.2, 0.25) is 0 Å². The number of halogens is 3. The Kier molecular flexibility index (Phi) is 4.84. The molecule has 3 rings (SSSR count). The van der Waals surface area contributed by atoms with E-state index in [1.807, 2.05) is 12.1 Å². The van der Waals surface area contributed by atoms with Gasteiger partial charge in [-0.1, -0.05) is 15.9 Å². The van der Waals surface area contributed by atoms with Gasteiger partial charge >= 0.3 is 0 Å². The molecule has 1 atom stereocenters. The molecule has 0 bridgehead atoms. The van der Waals surface area contributed by atoms with Gasteiger partial charge in [0.15, 0.2) is 11.5 Å². The van der Waals surface area contributed by atoms with Gasteiger partial charge < -0.3 is 9.47 Å². The number of thiophene rings is 1. The third-order valence-corrected chi connectivity index (χ3v) is 6.75. The molecule has 6 heteroatoms. The van der Waals surface area contributed by atoms with Gasteiger partial charge in [-0.25, -0.2) is 0 Å². The van der Waals surface area contributed by atoms with Crippen molar-refractivity contribution in [1.82, 2.24) is 0 Å². The number of rotatable bonds is 2. The highest BCUT2D eigenvalue weighted by Crippen LogP contribution is 2.44. The number of aryl methyl sites for hydroxylation is 1. The number of fused-ring (bicyclic) bond motifs is 1. The molecule has 0 N–H and O–H groups in total. The highest BCUT2D eigenvalue weighted by atomic mass is 79.9. The van der Waals surface area contributed by atoms with Crippen LogP contribution < -0.4 is 9.47 Å². The van der Waals surface area contributed by atoms with E-state index in [0.29, 0.717) is 13.2 Å². The molecule has 2 heterocycles. The predicted molar refractivity (Wildman–Crippen MR) is 94.2 cm³/mol. The first-order valence-corrected chi connectivity index (χ1v) is 9.39. The first kappa shape index (κ1) is 15.7. The maximum Gasteiger partial charge on any atom is 0.162 e. The summed E-state index contributed by atoms with van der Waals surface area (Å²) in [7, 11) is 0. The lowest BCUT2D eigenvalue weighted by atomic mass is 10.1. The summed E-state index contributed by atoms with van der Waals surface area (Å²) in [6.07, 6.45) is 0.892. The second-order valence-electron chi connectivity index (χ2n) is 4.84. The van der Waals surface area contributed by atoms with Gasteiger partial charge in [0.1, 0.15) is 0 Å². The van der Waals surface area contributed by atoms with E-state index in [0.717, 1.165) is 36.6 Å². The van der Waals surface area contributed by atoms with Crippen LogP contribution >= 0.6 is 54.8 Å². The minimum absolute atomic E-state index is 0.216. The van der Waals surface area contributed by atoms with E-state index in [1.165, 1.54) is 5.56 Å². The molecule has 0 saturated heterocycles. The minimum Gasteiger partial charge on any atom is -0.490 e. The second kappa shape index (κ2) is 6.49. The van der Waals surface area contributed by atoms with Gasteiger partial charge in [0.2, 0.25) is 0 Å². The van der Waals surface area contributed by atoms with Crippen molar-refractivity contribution in [3.8, 4) is 11.5 Å². The first-order chi connectivity index (χ1) is 10.1. The lowest BCUT2D eigenvalue weighted by Gasteiger charge is -2.14. The van der Waals surface area contributed by atoms with Crippen molar-refractivity contribution in [3.63, 3.8) is 0 Å². The zero-order valence-corrected chi connectivity index (χ0v) is 16.0. The molecule has 0 spiro atoms. The Morgan fingerprint density at radius 3 is 2.43 bits per heavy atom. The molecule has 1 aromatic carbocycles. The zero-order valence-electron chi connectivity index (χ0n) is 11.3. The normalized spacial score (nSPS) is 15.6. The molecule has 0 amide bonds. The fourth-order valence-corrected chi connectivity index (χ4v) is 4.78. The van der Waals surface area contributed by atoms with Gasteiger partial charge in [-0.2, -0.15) is 0 Å². The molecule has 1 aliphatic rings. The van der Waals surface area contributed by atoms with E-state index in [1.54, 1.807) is 11.3 Å². The molecule has 1 unspecified atom stereocenters. The quantitative estimate of drug-likeness (QED) is 0.515. The van der Waals surface area contributed by atoms with Crippen molar-refractivity contribution in [3.05, 3.63) is 42.5 Å². The molecule has 2 nitrogen and oxygen atoms in total. The largest absolute Gasteiger partial charge is 0.490 e. The Bertz CT molecular complexity index is 652. The summed E-state index contributed by atoms with van der Waals surface area (Å²) in [5.74, 6) is 1.54. The maximum absolute atomic E-state index is 6.67. The molecule has 2 aromatic rings. The third kappa shape index (κ3) is 3.26. The predicted octanol–water partition coefficient (Wildman–Crippen LogP) is 6.07. The smallest absolute Gasteiger partial charge is 0.162 e. The van der Waals surface area contributed by atoms with Crippen LogP contribution in [0.3, 0.4) is 0 Å². The summed E-state index contributed by atoms with van der Waals surface area (Å²) in [6.45, 7) is 3.42. The van der Waals surface area contributed by atoms with Gasteiger partial charge in [-0.05, 0) is 52.2 Å². The molecule has 0 fully saturated rings. The Morgan fingerprint density at radius 2 is 1.81 bits per heavy atom. The van der Waals surface area contributed by atoms with Gasteiger partial charge in [0.05, 0.1) is 22.4 Å². The summed E-state index contributed by atoms with van der Waals surface area (Å²) in [5, 5.41) is -0.216. The van der Waals surface area contributed by atoms with Crippen LogP contribution in [0.5, 0.6) is 11.5 Å². The average molecular weight is 453 g/mol. The van der Waals surface area contributed by atoms with Crippen LogP contribution in [-0.4, -0.2) is 13.2 Å². The molecule has 0 aliphatic carbocycles. The minimum atomic E-state index is -0.216. The van der Waals surface area contributed by atoms with Crippen LogP contribution in [0.25, 0.3) is 0 Å². The Balaban J connectivity index is 1.99. The SMILES string of the molecule is Cc1cc(C(Cl)c2cc3c(cc2Br)OCCCO3)sc1Br. The van der Waals surface area contributed by atoms with Gasteiger partial charge in [0, 0.05) is 15.8 Å². The molecule has 1 aromatic heterocycles. The standard InChI is InChI=1S/C15H13Br2ClO2S/c1-8-5-13(21-15(8)17)14(18)9-6-11-12(7-10(9)16)20-4-2-3-19-11/h5-7,14H,2-4H2,1H3. The average Bonchev–Trinajstić information content (AvgIpc) is 2.66. The summed E-state index contributed by atoms with van der Waals surface area (Å²) >= 11 is 15.5.